The third kappa shape index (κ3) is 3.32. The summed E-state index contributed by atoms with van der Waals surface area (Å²) in [5.74, 6) is -0.585. The molecular weight excluding hydrogens is 266 g/mol. The Kier molecular flexibility index (Phi) is 3.82. The molecule has 0 saturated carbocycles. The van der Waals surface area contributed by atoms with Gasteiger partial charge in [-0.25, -0.2) is 9.59 Å². The maximum absolute atomic E-state index is 11.6. The van der Waals surface area contributed by atoms with E-state index in [0.29, 0.717) is 16.3 Å². The second-order valence-electron chi connectivity index (χ2n) is 3.76. The lowest BCUT2D eigenvalue weighted by molar-refractivity contribution is 0.0701. The van der Waals surface area contributed by atoms with Crippen LogP contribution in [0.25, 0.3) is 0 Å². The van der Waals surface area contributed by atoms with Crippen molar-refractivity contribution in [3.8, 4) is 5.75 Å². The molecule has 0 aliphatic carbocycles. The van der Waals surface area contributed by atoms with E-state index in [1.807, 2.05) is 6.07 Å². The number of para-hydroxylation sites is 1. The summed E-state index contributed by atoms with van der Waals surface area (Å²) >= 11 is 0.995. The van der Waals surface area contributed by atoms with Crippen LogP contribution in [0, 0.1) is 6.92 Å². The first-order valence-corrected chi connectivity index (χ1v) is 6.25. The summed E-state index contributed by atoms with van der Waals surface area (Å²) in [4.78, 5) is 22.7. The highest BCUT2D eigenvalue weighted by Gasteiger charge is 2.14. The number of carbonyl (C=O) groups is 2. The van der Waals surface area contributed by atoms with Crippen molar-refractivity contribution < 1.29 is 19.4 Å². The smallest absolute Gasteiger partial charge is 0.417 e. The maximum Gasteiger partial charge on any atom is 0.417 e. The zero-order valence-electron chi connectivity index (χ0n) is 10.0. The van der Waals surface area contributed by atoms with Gasteiger partial charge in [-0.05, 0) is 30.7 Å². The Morgan fingerprint density at radius 3 is 2.53 bits per heavy atom. The van der Waals surface area contributed by atoms with E-state index in [0.717, 1.165) is 11.3 Å². The number of anilines is 1. The Balaban J connectivity index is 2.03. The number of aromatic carboxylic acids is 1. The molecule has 2 rings (SSSR count). The standard InChI is InChI=1S/C13H11NO4S/c1-8-7-10(19-11(8)12(15)16)14-13(17)18-9-5-3-2-4-6-9/h2-7H,1H3,(H,14,17)(H,15,16). The molecule has 0 atom stereocenters. The van der Waals surface area contributed by atoms with Crippen LogP contribution >= 0.6 is 11.3 Å². The fraction of sp³-hybridized carbons (Fsp3) is 0.0769. The predicted molar refractivity (Wildman–Crippen MR) is 72.1 cm³/mol. The average molecular weight is 277 g/mol. The topological polar surface area (TPSA) is 75.6 Å². The lowest BCUT2D eigenvalue weighted by Crippen LogP contribution is -2.15. The van der Waals surface area contributed by atoms with Crippen molar-refractivity contribution in [1.82, 2.24) is 0 Å². The Morgan fingerprint density at radius 1 is 1.26 bits per heavy atom. The minimum atomic E-state index is -1.01. The van der Waals surface area contributed by atoms with Gasteiger partial charge in [0, 0.05) is 0 Å². The first-order valence-electron chi connectivity index (χ1n) is 5.44. The first-order chi connectivity index (χ1) is 9.06. The Labute approximate surface area is 113 Å². The molecule has 5 nitrogen and oxygen atoms in total. The van der Waals surface area contributed by atoms with E-state index in [1.165, 1.54) is 0 Å². The zero-order valence-corrected chi connectivity index (χ0v) is 10.9. The van der Waals surface area contributed by atoms with Crippen molar-refractivity contribution >= 4 is 28.4 Å². The largest absolute Gasteiger partial charge is 0.477 e. The quantitative estimate of drug-likeness (QED) is 0.902. The average Bonchev–Trinajstić information content (AvgIpc) is 2.71. The van der Waals surface area contributed by atoms with Gasteiger partial charge in [-0.15, -0.1) is 11.3 Å². The number of aryl methyl sites for hydroxylation is 1. The molecule has 0 aliphatic rings. The number of hydrogen-bond acceptors (Lipinski definition) is 4. The van der Waals surface area contributed by atoms with Crippen molar-refractivity contribution in [3.63, 3.8) is 0 Å². The lowest BCUT2D eigenvalue weighted by Gasteiger charge is -2.03. The molecule has 0 saturated heterocycles. The number of hydrogen-bond donors (Lipinski definition) is 2. The van der Waals surface area contributed by atoms with Gasteiger partial charge in [0.25, 0.3) is 0 Å². The molecule has 0 fully saturated rings. The van der Waals surface area contributed by atoms with E-state index in [1.54, 1.807) is 37.3 Å². The molecular formula is C13H11NO4S. The Bertz CT molecular complexity index is 606. The summed E-state index contributed by atoms with van der Waals surface area (Å²) in [7, 11) is 0. The van der Waals surface area contributed by atoms with Crippen LogP contribution in [0.4, 0.5) is 9.80 Å². The maximum atomic E-state index is 11.6. The van der Waals surface area contributed by atoms with Crippen LogP contribution in [-0.4, -0.2) is 17.2 Å². The van der Waals surface area contributed by atoms with Crippen molar-refractivity contribution in [2.45, 2.75) is 6.92 Å². The van der Waals surface area contributed by atoms with Gasteiger partial charge in [-0.2, -0.15) is 0 Å². The summed E-state index contributed by atoms with van der Waals surface area (Å²) in [5.41, 5.74) is 0.604. The van der Waals surface area contributed by atoms with Crippen LogP contribution in [0.3, 0.4) is 0 Å². The first kappa shape index (κ1) is 13.1. The van der Waals surface area contributed by atoms with Gasteiger partial charge in [0.15, 0.2) is 0 Å². The van der Waals surface area contributed by atoms with Crippen LogP contribution in [0.15, 0.2) is 36.4 Å². The Morgan fingerprint density at radius 2 is 1.95 bits per heavy atom. The molecule has 0 aliphatic heterocycles. The molecule has 6 heteroatoms. The van der Waals surface area contributed by atoms with E-state index < -0.39 is 12.1 Å². The fourth-order valence-electron chi connectivity index (χ4n) is 1.48. The normalized spacial score (nSPS) is 9.95. The summed E-state index contributed by atoms with van der Waals surface area (Å²) in [5, 5.41) is 11.9. The van der Waals surface area contributed by atoms with Gasteiger partial charge >= 0.3 is 12.1 Å². The molecule has 2 N–H and O–H groups in total. The highest BCUT2D eigenvalue weighted by Crippen LogP contribution is 2.26. The van der Waals surface area contributed by atoms with E-state index in [-0.39, 0.29) is 4.88 Å². The number of rotatable bonds is 3. The van der Waals surface area contributed by atoms with E-state index in [4.69, 9.17) is 9.84 Å². The number of carboxylic acids is 1. The molecule has 0 unspecified atom stereocenters. The molecule has 0 spiro atoms. The highest BCUT2D eigenvalue weighted by atomic mass is 32.1. The minimum Gasteiger partial charge on any atom is -0.477 e. The number of nitrogens with one attached hydrogen (secondary N) is 1. The van der Waals surface area contributed by atoms with Crippen molar-refractivity contribution in [2.24, 2.45) is 0 Å². The number of amides is 1. The molecule has 1 aromatic carbocycles. The number of benzene rings is 1. The minimum absolute atomic E-state index is 0.204. The summed E-state index contributed by atoms with van der Waals surface area (Å²) in [6.07, 6.45) is -0.649. The van der Waals surface area contributed by atoms with Crippen LogP contribution in [0.2, 0.25) is 0 Å². The molecule has 1 aromatic heterocycles. The second-order valence-corrected chi connectivity index (χ2v) is 4.81. The van der Waals surface area contributed by atoms with Gasteiger partial charge in [-0.1, -0.05) is 18.2 Å². The van der Waals surface area contributed by atoms with Crippen molar-refractivity contribution in [2.75, 3.05) is 5.32 Å². The third-order valence-electron chi connectivity index (χ3n) is 2.29. The molecule has 1 amide bonds. The number of carbonyl (C=O) groups excluding carboxylic acids is 1. The van der Waals surface area contributed by atoms with Crippen molar-refractivity contribution in [1.29, 1.82) is 0 Å². The van der Waals surface area contributed by atoms with Gasteiger partial charge in [-0.3, -0.25) is 5.32 Å². The molecule has 0 bridgehead atoms. The summed E-state index contributed by atoms with van der Waals surface area (Å²) < 4.78 is 5.04. The van der Waals surface area contributed by atoms with E-state index >= 15 is 0 Å². The SMILES string of the molecule is Cc1cc(NC(=O)Oc2ccccc2)sc1C(=O)O. The number of thiophene rings is 1. The highest BCUT2D eigenvalue weighted by molar-refractivity contribution is 7.18. The van der Waals surface area contributed by atoms with Gasteiger partial charge in [0.1, 0.15) is 10.6 Å². The van der Waals surface area contributed by atoms with Crippen LogP contribution in [0.1, 0.15) is 15.2 Å². The predicted octanol–water partition coefficient (Wildman–Crippen LogP) is 3.37. The third-order valence-corrected chi connectivity index (χ3v) is 3.43. The van der Waals surface area contributed by atoms with Gasteiger partial charge < -0.3 is 9.84 Å². The monoisotopic (exact) mass is 277 g/mol. The van der Waals surface area contributed by atoms with E-state index in [2.05, 4.69) is 5.32 Å². The Hall–Kier alpha value is -2.34. The second kappa shape index (κ2) is 5.53. The van der Waals surface area contributed by atoms with E-state index in [9.17, 15) is 9.59 Å². The van der Waals surface area contributed by atoms with Crippen molar-refractivity contribution in [3.05, 3.63) is 46.8 Å². The van der Waals surface area contributed by atoms with Crippen LogP contribution < -0.4 is 10.1 Å². The molecule has 98 valence electrons. The number of ether oxygens (including phenoxy) is 1. The fourth-order valence-corrected chi connectivity index (χ4v) is 2.37. The molecule has 1 heterocycles. The zero-order chi connectivity index (χ0) is 13.8. The van der Waals surface area contributed by atoms with Gasteiger partial charge in [0.2, 0.25) is 0 Å². The van der Waals surface area contributed by atoms with Gasteiger partial charge in [0.05, 0.1) is 5.00 Å². The summed E-state index contributed by atoms with van der Waals surface area (Å²) in [6.45, 7) is 1.67. The number of carboxylic acid groups (broad SMARTS) is 1. The molecule has 2 aromatic rings. The van der Waals surface area contributed by atoms with Crippen LogP contribution in [-0.2, 0) is 0 Å². The molecule has 19 heavy (non-hydrogen) atoms. The van der Waals surface area contributed by atoms with Crippen LogP contribution in [0.5, 0.6) is 5.75 Å². The summed E-state index contributed by atoms with van der Waals surface area (Å²) in [6, 6.07) is 10.2. The molecule has 0 radical (unpaired) electrons. The lowest BCUT2D eigenvalue weighted by atomic mass is 10.3.